The van der Waals surface area contributed by atoms with Crippen molar-refractivity contribution in [3.05, 3.63) is 0 Å². The highest BCUT2D eigenvalue weighted by Gasteiger charge is 2.49. The molecular formula is C17H26O13. The van der Waals surface area contributed by atoms with Gasteiger partial charge in [0.25, 0.3) is 0 Å². The molecule has 0 aliphatic carbocycles. The van der Waals surface area contributed by atoms with Gasteiger partial charge in [-0.05, 0) is 0 Å². The highest BCUT2D eigenvalue weighted by molar-refractivity contribution is 5.68. The Bertz CT molecular complexity index is 625. The Morgan fingerprint density at radius 1 is 0.833 bits per heavy atom. The van der Waals surface area contributed by atoms with E-state index < -0.39 is 79.8 Å². The number of hydrogen-bond donors (Lipinski definition) is 4. The molecule has 4 N–H and O–H groups in total. The number of ether oxygens (including phenoxy) is 6. The fraction of sp³-hybridized carbons (Fsp3) is 0.824. The summed E-state index contributed by atoms with van der Waals surface area (Å²) in [7, 11) is 0. The van der Waals surface area contributed by atoms with Crippen LogP contribution in [0.2, 0.25) is 0 Å². The Balaban J connectivity index is 2.14. The first-order valence-corrected chi connectivity index (χ1v) is 9.13. The molecule has 9 atom stereocenters. The van der Waals surface area contributed by atoms with Crippen LogP contribution in [0, 0.1) is 0 Å². The van der Waals surface area contributed by atoms with Crippen molar-refractivity contribution >= 4 is 17.9 Å². The second-order valence-electron chi connectivity index (χ2n) is 6.87. The lowest BCUT2D eigenvalue weighted by molar-refractivity contribution is -0.314. The first-order valence-electron chi connectivity index (χ1n) is 9.13. The van der Waals surface area contributed by atoms with Gasteiger partial charge in [-0.15, -0.1) is 0 Å². The molecule has 0 aromatic carbocycles. The highest BCUT2D eigenvalue weighted by atomic mass is 16.7. The van der Waals surface area contributed by atoms with Crippen LogP contribution in [-0.2, 0) is 42.8 Å². The summed E-state index contributed by atoms with van der Waals surface area (Å²) in [4.78, 5) is 34.4. The SMILES string of the molecule is CC(=O)O[C@@H]1[C@@H](OC(C)=O)[C@H](OC[C@H]2O[C@@H](O)[C@H](O)[C@@H](O)[C@@H]2O)OC[C@@H]1OC(C)=O. The van der Waals surface area contributed by atoms with Gasteiger partial charge in [0.15, 0.2) is 30.9 Å². The normalized spacial score (nSPS) is 39.1. The number of aliphatic hydroxyl groups excluding tert-OH is 4. The lowest BCUT2D eigenvalue weighted by Gasteiger charge is -2.42. The molecule has 0 amide bonds. The predicted octanol–water partition coefficient (Wildman–Crippen LogP) is -3.05. The lowest BCUT2D eigenvalue weighted by Crippen LogP contribution is -2.60. The number of aliphatic hydroxyl groups is 4. The minimum Gasteiger partial charge on any atom is -0.456 e. The zero-order valence-electron chi connectivity index (χ0n) is 16.6. The van der Waals surface area contributed by atoms with Gasteiger partial charge in [-0.3, -0.25) is 14.4 Å². The topological polar surface area (TPSA) is 188 Å². The van der Waals surface area contributed by atoms with Crippen molar-refractivity contribution in [2.24, 2.45) is 0 Å². The molecule has 0 unspecified atom stereocenters. The average molecular weight is 438 g/mol. The van der Waals surface area contributed by atoms with Crippen LogP contribution in [0.15, 0.2) is 0 Å². The zero-order valence-corrected chi connectivity index (χ0v) is 16.6. The molecule has 0 aromatic rings. The van der Waals surface area contributed by atoms with Crippen LogP contribution in [-0.4, -0.2) is 107 Å². The van der Waals surface area contributed by atoms with Gasteiger partial charge in [-0.1, -0.05) is 0 Å². The molecule has 0 radical (unpaired) electrons. The van der Waals surface area contributed by atoms with Crippen molar-refractivity contribution in [1.82, 2.24) is 0 Å². The Morgan fingerprint density at radius 3 is 1.97 bits per heavy atom. The molecule has 13 nitrogen and oxygen atoms in total. The smallest absolute Gasteiger partial charge is 0.303 e. The van der Waals surface area contributed by atoms with Crippen LogP contribution in [0.1, 0.15) is 20.8 Å². The second-order valence-corrected chi connectivity index (χ2v) is 6.87. The Kier molecular flexibility index (Phi) is 8.49. The summed E-state index contributed by atoms with van der Waals surface area (Å²) in [5.74, 6) is -2.18. The maximum absolute atomic E-state index is 11.6. The van der Waals surface area contributed by atoms with Crippen LogP contribution in [0.3, 0.4) is 0 Å². The summed E-state index contributed by atoms with van der Waals surface area (Å²) in [5, 5.41) is 38.9. The predicted molar refractivity (Wildman–Crippen MR) is 91.3 cm³/mol. The minimum absolute atomic E-state index is 0.266. The van der Waals surface area contributed by atoms with Crippen molar-refractivity contribution < 1.29 is 63.2 Å². The van der Waals surface area contributed by atoms with Crippen molar-refractivity contribution in [3.63, 3.8) is 0 Å². The highest BCUT2D eigenvalue weighted by Crippen LogP contribution is 2.27. The molecule has 2 rings (SSSR count). The molecule has 172 valence electrons. The largest absolute Gasteiger partial charge is 0.456 e. The molecule has 2 fully saturated rings. The molecule has 13 heteroatoms. The Hall–Kier alpha value is -1.87. The van der Waals surface area contributed by atoms with Gasteiger partial charge in [-0.2, -0.15) is 0 Å². The van der Waals surface area contributed by atoms with Crippen LogP contribution < -0.4 is 0 Å². The summed E-state index contributed by atoms with van der Waals surface area (Å²) < 4.78 is 31.3. The molecule has 0 bridgehead atoms. The summed E-state index contributed by atoms with van der Waals surface area (Å²) in [6, 6.07) is 0. The van der Waals surface area contributed by atoms with Gasteiger partial charge in [0.2, 0.25) is 0 Å². The van der Waals surface area contributed by atoms with E-state index in [4.69, 9.17) is 28.4 Å². The van der Waals surface area contributed by atoms with Crippen LogP contribution in [0.4, 0.5) is 0 Å². The van der Waals surface area contributed by atoms with Crippen molar-refractivity contribution in [1.29, 1.82) is 0 Å². The van der Waals surface area contributed by atoms with Gasteiger partial charge >= 0.3 is 17.9 Å². The standard InChI is InChI=1S/C17H26O13/c1-6(18)27-10-5-26-17(15(29-8(3)20)14(10)28-7(2)19)25-4-9-11(21)12(22)13(23)16(24)30-9/h9-17,21-24H,4-5H2,1-3H3/t9-,10+,11-,12+,13-,14+,15-,16-,17-/m1/s1. The number of hydrogen-bond acceptors (Lipinski definition) is 13. The molecule has 2 saturated heterocycles. The van der Waals surface area contributed by atoms with E-state index in [1.54, 1.807) is 0 Å². The number of rotatable bonds is 6. The van der Waals surface area contributed by atoms with Gasteiger partial charge in [-0.25, -0.2) is 0 Å². The van der Waals surface area contributed by atoms with E-state index in [1.807, 2.05) is 0 Å². The van der Waals surface area contributed by atoms with Crippen molar-refractivity contribution in [2.45, 2.75) is 76.1 Å². The summed E-state index contributed by atoms with van der Waals surface area (Å²) in [6.07, 6.45) is -13.0. The lowest BCUT2D eigenvalue weighted by atomic mass is 9.99. The maximum atomic E-state index is 11.6. The van der Waals surface area contributed by atoms with E-state index in [-0.39, 0.29) is 6.61 Å². The Morgan fingerprint density at radius 2 is 1.40 bits per heavy atom. The van der Waals surface area contributed by atoms with Gasteiger partial charge in [0.05, 0.1) is 13.2 Å². The zero-order chi connectivity index (χ0) is 22.6. The molecule has 0 aromatic heterocycles. The van der Waals surface area contributed by atoms with E-state index in [1.165, 1.54) is 0 Å². The molecular weight excluding hydrogens is 412 g/mol. The maximum Gasteiger partial charge on any atom is 0.303 e. The van der Waals surface area contributed by atoms with Gasteiger partial charge in [0, 0.05) is 20.8 Å². The van der Waals surface area contributed by atoms with E-state index in [0.717, 1.165) is 20.8 Å². The molecule has 2 aliphatic rings. The molecule has 2 heterocycles. The second kappa shape index (κ2) is 10.4. The van der Waals surface area contributed by atoms with E-state index in [0.29, 0.717) is 0 Å². The molecule has 2 aliphatic heterocycles. The summed E-state index contributed by atoms with van der Waals surface area (Å²) in [6.45, 7) is 2.62. The fourth-order valence-electron chi connectivity index (χ4n) is 3.11. The quantitative estimate of drug-likeness (QED) is 0.242. The first kappa shape index (κ1) is 24.4. The summed E-state index contributed by atoms with van der Waals surface area (Å²) in [5.41, 5.74) is 0. The van der Waals surface area contributed by atoms with E-state index >= 15 is 0 Å². The summed E-state index contributed by atoms with van der Waals surface area (Å²) >= 11 is 0. The van der Waals surface area contributed by atoms with Crippen LogP contribution >= 0.6 is 0 Å². The third-order valence-corrected chi connectivity index (χ3v) is 4.42. The van der Waals surface area contributed by atoms with Gasteiger partial charge in [0.1, 0.15) is 24.4 Å². The fourth-order valence-corrected chi connectivity index (χ4v) is 3.11. The average Bonchev–Trinajstić information content (AvgIpc) is 2.64. The Labute approximate surface area is 171 Å². The minimum atomic E-state index is -1.77. The number of carbonyl (C=O) groups excluding carboxylic acids is 3. The van der Waals surface area contributed by atoms with Crippen LogP contribution in [0.5, 0.6) is 0 Å². The van der Waals surface area contributed by atoms with E-state index in [9.17, 15) is 34.8 Å². The first-order chi connectivity index (χ1) is 14.0. The third-order valence-electron chi connectivity index (χ3n) is 4.42. The monoisotopic (exact) mass is 438 g/mol. The number of carbonyl (C=O) groups is 3. The number of esters is 3. The van der Waals surface area contributed by atoms with Gasteiger partial charge < -0.3 is 48.8 Å². The van der Waals surface area contributed by atoms with Crippen LogP contribution in [0.25, 0.3) is 0 Å². The third kappa shape index (κ3) is 6.07. The molecule has 0 spiro atoms. The van der Waals surface area contributed by atoms with Crippen molar-refractivity contribution in [2.75, 3.05) is 13.2 Å². The van der Waals surface area contributed by atoms with Crippen molar-refractivity contribution in [3.8, 4) is 0 Å². The molecule has 30 heavy (non-hydrogen) atoms. The molecule has 0 saturated carbocycles. The van der Waals surface area contributed by atoms with E-state index in [2.05, 4.69) is 0 Å².